The van der Waals surface area contributed by atoms with Gasteiger partial charge in [0, 0.05) is 19.6 Å². The topological polar surface area (TPSA) is 53.1 Å². The van der Waals surface area contributed by atoms with Crippen molar-refractivity contribution in [2.45, 2.75) is 71.3 Å². The van der Waals surface area contributed by atoms with Gasteiger partial charge in [0.1, 0.15) is 11.4 Å². The van der Waals surface area contributed by atoms with Crippen LogP contribution in [0.5, 0.6) is 5.75 Å². The van der Waals surface area contributed by atoms with Crippen LogP contribution in [-0.4, -0.2) is 72.9 Å². The molecule has 0 atom stereocenters. The van der Waals surface area contributed by atoms with Gasteiger partial charge in [0.2, 0.25) is 0 Å². The summed E-state index contributed by atoms with van der Waals surface area (Å²) in [6.45, 7) is 7.25. The Labute approximate surface area is 199 Å². The molecule has 0 aliphatic carbocycles. The van der Waals surface area contributed by atoms with Crippen molar-refractivity contribution in [3.63, 3.8) is 0 Å². The second kappa shape index (κ2) is 12.2. The molecule has 0 spiro atoms. The number of nitrogens with zero attached hydrogens (tertiary/aromatic N) is 3. The van der Waals surface area contributed by atoms with E-state index in [1.54, 1.807) is 0 Å². The number of likely N-dealkylation sites (tertiary alicyclic amines) is 1. The van der Waals surface area contributed by atoms with Crippen LogP contribution in [0, 0.1) is 0 Å². The van der Waals surface area contributed by atoms with Crippen molar-refractivity contribution in [1.29, 1.82) is 0 Å². The average molecular weight is 456 g/mol. The molecule has 3 rings (SSSR count). The molecule has 1 aromatic rings. The number of imide groups is 1. The summed E-state index contributed by atoms with van der Waals surface area (Å²) in [5, 5.41) is 0. The second-order valence-corrected chi connectivity index (χ2v) is 9.36. The van der Waals surface area contributed by atoms with Gasteiger partial charge in [-0.15, -0.1) is 0 Å². The summed E-state index contributed by atoms with van der Waals surface area (Å²) in [6.07, 6.45) is 8.74. The van der Waals surface area contributed by atoms with Gasteiger partial charge in [0.05, 0.1) is 12.2 Å². The lowest BCUT2D eigenvalue weighted by molar-refractivity contribution is -0.137. The number of carbonyl (C=O) groups is 2. The van der Waals surface area contributed by atoms with Crippen LogP contribution in [0.25, 0.3) is 5.57 Å². The standard InChI is InChI=1S/C27H41N3O3/c1-5-7-8-9-10-11-18-30-26(31)24(21-12-14-23(15-13-21)33-6-2)25(27(30)32)29(4)22-16-19-28(3)20-17-22/h12-15,22H,5-11,16-20H2,1-4H3. The SMILES string of the molecule is CCCCCCCCN1C(=O)C(c2ccc(OCC)cc2)=C(N(C)C2CCN(C)CC2)C1=O. The van der Waals surface area contributed by atoms with Gasteiger partial charge in [0.15, 0.2) is 0 Å². The molecule has 182 valence electrons. The molecule has 2 heterocycles. The Morgan fingerprint density at radius 3 is 2.21 bits per heavy atom. The lowest BCUT2D eigenvalue weighted by atomic mass is 10.00. The Hall–Kier alpha value is -2.34. The van der Waals surface area contributed by atoms with Crippen LogP contribution in [0.15, 0.2) is 30.0 Å². The summed E-state index contributed by atoms with van der Waals surface area (Å²) in [5.41, 5.74) is 1.89. The van der Waals surface area contributed by atoms with Gasteiger partial charge in [-0.25, -0.2) is 0 Å². The van der Waals surface area contributed by atoms with Gasteiger partial charge < -0.3 is 14.5 Å². The number of hydrogen-bond acceptors (Lipinski definition) is 5. The third-order valence-electron chi connectivity index (χ3n) is 6.92. The predicted molar refractivity (Wildman–Crippen MR) is 133 cm³/mol. The minimum absolute atomic E-state index is 0.140. The van der Waals surface area contributed by atoms with Crippen LogP contribution in [-0.2, 0) is 9.59 Å². The van der Waals surface area contributed by atoms with Gasteiger partial charge in [-0.2, -0.15) is 0 Å². The summed E-state index contributed by atoms with van der Waals surface area (Å²) in [5.74, 6) is 0.471. The quantitative estimate of drug-likeness (QED) is 0.342. The fourth-order valence-corrected chi connectivity index (χ4v) is 4.85. The number of amides is 2. The third-order valence-corrected chi connectivity index (χ3v) is 6.92. The number of unbranched alkanes of at least 4 members (excludes halogenated alkanes) is 5. The van der Waals surface area contributed by atoms with Gasteiger partial charge in [0.25, 0.3) is 11.8 Å². The van der Waals surface area contributed by atoms with E-state index in [9.17, 15) is 9.59 Å². The predicted octanol–water partition coefficient (Wildman–Crippen LogP) is 4.55. The van der Waals surface area contributed by atoms with Gasteiger partial charge in [-0.3, -0.25) is 14.5 Å². The number of likely N-dealkylation sites (N-methyl/N-ethyl adjacent to an activating group) is 1. The Morgan fingerprint density at radius 2 is 1.58 bits per heavy atom. The lowest BCUT2D eigenvalue weighted by Crippen LogP contribution is -2.43. The fraction of sp³-hybridized carbons (Fsp3) is 0.630. The second-order valence-electron chi connectivity index (χ2n) is 9.36. The van der Waals surface area contributed by atoms with E-state index in [1.807, 2.05) is 38.2 Å². The molecule has 1 saturated heterocycles. The van der Waals surface area contributed by atoms with Crippen LogP contribution in [0.3, 0.4) is 0 Å². The molecule has 1 fully saturated rings. The number of piperidine rings is 1. The van der Waals surface area contributed by atoms with E-state index in [0.29, 0.717) is 24.4 Å². The summed E-state index contributed by atoms with van der Waals surface area (Å²) in [4.78, 5) is 33.0. The monoisotopic (exact) mass is 455 g/mol. The zero-order chi connectivity index (χ0) is 23.8. The molecule has 1 aromatic carbocycles. The molecule has 0 aromatic heterocycles. The van der Waals surface area contributed by atoms with Crippen LogP contribution in [0.4, 0.5) is 0 Å². The van der Waals surface area contributed by atoms with Crippen molar-refractivity contribution in [2.75, 3.05) is 40.3 Å². The van der Waals surface area contributed by atoms with Crippen molar-refractivity contribution in [3.8, 4) is 5.75 Å². The van der Waals surface area contributed by atoms with Gasteiger partial charge in [-0.05, 0) is 64.0 Å². The van der Waals surface area contributed by atoms with Crippen molar-refractivity contribution in [2.24, 2.45) is 0 Å². The first-order valence-electron chi connectivity index (χ1n) is 12.7. The zero-order valence-corrected chi connectivity index (χ0v) is 20.9. The van der Waals surface area contributed by atoms with E-state index >= 15 is 0 Å². The smallest absolute Gasteiger partial charge is 0.277 e. The minimum Gasteiger partial charge on any atom is -0.494 e. The lowest BCUT2D eigenvalue weighted by Gasteiger charge is -2.36. The van der Waals surface area contributed by atoms with Crippen LogP contribution >= 0.6 is 0 Å². The van der Waals surface area contributed by atoms with E-state index in [1.165, 1.54) is 24.2 Å². The van der Waals surface area contributed by atoms with Crippen molar-refractivity contribution in [3.05, 3.63) is 35.5 Å². The van der Waals surface area contributed by atoms with Crippen molar-refractivity contribution < 1.29 is 14.3 Å². The average Bonchev–Trinajstić information content (AvgIpc) is 3.06. The Bertz CT molecular complexity index is 826. The van der Waals surface area contributed by atoms with E-state index in [-0.39, 0.29) is 17.9 Å². The third kappa shape index (κ3) is 6.17. The Balaban J connectivity index is 1.82. The number of ether oxygens (including phenoxy) is 1. The molecular formula is C27H41N3O3. The van der Waals surface area contributed by atoms with Crippen LogP contribution in [0.1, 0.15) is 70.8 Å². The molecular weight excluding hydrogens is 414 g/mol. The molecule has 2 aliphatic rings. The van der Waals surface area contributed by atoms with E-state index in [0.717, 1.165) is 56.5 Å². The van der Waals surface area contributed by atoms with Gasteiger partial charge >= 0.3 is 0 Å². The van der Waals surface area contributed by atoms with Gasteiger partial charge in [-0.1, -0.05) is 51.2 Å². The first kappa shape index (κ1) is 25.3. The molecule has 0 saturated carbocycles. The summed E-state index contributed by atoms with van der Waals surface area (Å²) in [6, 6.07) is 7.84. The molecule has 2 aliphatic heterocycles. The number of hydrogen-bond donors (Lipinski definition) is 0. The van der Waals surface area contributed by atoms with Crippen LogP contribution < -0.4 is 4.74 Å². The highest BCUT2D eigenvalue weighted by molar-refractivity contribution is 6.35. The Kier molecular flexibility index (Phi) is 9.36. The molecule has 0 unspecified atom stereocenters. The maximum Gasteiger partial charge on any atom is 0.277 e. The minimum atomic E-state index is -0.160. The number of carbonyl (C=O) groups excluding carboxylic acids is 2. The molecule has 0 radical (unpaired) electrons. The highest BCUT2D eigenvalue weighted by Gasteiger charge is 2.42. The molecule has 6 heteroatoms. The largest absolute Gasteiger partial charge is 0.494 e. The summed E-state index contributed by atoms with van der Waals surface area (Å²) < 4.78 is 5.57. The molecule has 0 N–H and O–H groups in total. The normalized spacial score (nSPS) is 17.9. The van der Waals surface area contributed by atoms with E-state index in [4.69, 9.17) is 4.74 Å². The number of benzene rings is 1. The highest BCUT2D eigenvalue weighted by atomic mass is 16.5. The maximum atomic E-state index is 13.6. The van der Waals surface area contributed by atoms with Crippen LogP contribution in [0.2, 0.25) is 0 Å². The first-order valence-corrected chi connectivity index (χ1v) is 12.7. The number of rotatable bonds is 12. The molecule has 6 nitrogen and oxygen atoms in total. The first-order chi connectivity index (χ1) is 16.0. The highest BCUT2D eigenvalue weighted by Crippen LogP contribution is 2.34. The summed E-state index contributed by atoms with van der Waals surface area (Å²) >= 11 is 0. The van der Waals surface area contributed by atoms with Crippen molar-refractivity contribution in [1.82, 2.24) is 14.7 Å². The van der Waals surface area contributed by atoms with Crippen molar-refractivity contribution >= 4 is 17.4 Å². The zero-order valence-electron chi connectivity index (χ0n) is 20.9. The Morgan fingerprint density at radius 1 is 0.939 bits per heavy atom. The summed E-state index contributed by atoms with van der Waals surface area (Å²) in [7, 11) is 4.12. The van der Waals surface area contributed by atoms with E-state index < -0.39 is 0 Å². The molecule has 0 bridgehead atoms. The fourth-order valence-electron chi connectivity index (χ4n) is 4.85. The van der Waals surface area contributed by atoms with E-state index in [2.05, 4.69) is 23.8 Å². The molecule has 2 amide bonds. The maximum absolute atomic E-state index is 13.6. The molecule has 33 heavy (non-hydrogen) atoms.